The molecule has 0 unspecified atom stereocenters. The summed E-state index contributed by atoms with van der Waals surface area (Å²) >= 11 is 12.0. The van der Waals surface area contributed by atoms with Gasteiger partial charge in [0.25, 0.3) is 0 Å². The molecule has 1 aromatic rings. The predicted molar refractivity (Wildman–Crippen MR) is 70.8 cm³/mol. The van der Waals surface area contributed by atoms with Crippen molar-refractivity contribution in [1.29, 1.82) is 0 Å². The molecule has 4 nitrogen and oxygen atoms in total. The first-order chi connectivity index (χ1) is 8.49. The van der Waals surface area contributed by atoms with Gasteiger partial charge in [-0.05, 0) is 31.0 Å². The summed E-state index contributed by atoms with van der Waals surface area (Å²) in [6.07, 6.45) is 1.04. The SMILES string of the molecule is NC(=O)C[C@H]1CN[C@@H](c2c(O)ccc(Cl)c2Cl)C1. The molecule has 1 amide bonds. The highest BCUT2D eigenvalue weighted by atomic mass is 35.5. The third kappa shape index (κ3) is 2.71. The highest BCUT2D eigenvalue weighted by molar-refractivity contribution is 6.42. The van der Waals surface area contributed by atoms with E-state index in [1.807, 2.05) is 0 Å². The minimum atomic E-state index is -0.316. The van der Waals surface area contributed by atoms with Crippen LogP contribution in [0.4, 0.5) is 0 Å². The molecule has 1 aliphatic heterocycles. The van der Waals surface area contributed by atoms with Crippen molar-refractivity contribution in [2.75, 3.05) is 6.54 Å². The Balaban J connectivity index is 2.19. The lowest BCUT2D eigenvalue weighted by Gasteiger charge is -2.15. The standard InChI is InChI=1S/C12H14Cl2N2O2/c13-7-1-2-9(17)11(12(7)14)8-3-6(5-16-8)4-10(15)18/h1-2,6,8,16-17H,3-5H2,(H2,15,18)/t6-,8+/m0/s1. The average Bonchev–Trinajstić information content (AvgIpc) is 2.71. The Bertz CT molecular complexity index is 479. The van der Waals surface area contributed by atoms with Crippen molar-refractivity contribution in [3.05, 3.63) is 27.7 Å². The number of amides is 1. The van der Waals surface area contributed by atoms with Crippen LogP contribution in [0.2, 0.25) is 10.0 Å². The Kier molecular flexibility index (Phi) is 4.00. The molecule has 98 valence electrons. The van der Waals surface area contributed by atoms with Crippen LogP contribution in [0.5, 0.6) is 5.75 Å². The Hall–Kier alpha value is -0.970. The molecule has 1 saturated heterocycles. The van der Waals surface area contributed by atoms with Gasteiger partial charge in [0.1, 0.15) is 5.75 Å². The van der Waals surface area contributed by atoms with E-state index in [-0.39, 0.29) is 23.6 Å². The van der Waals surface area contributed by atoms with Crippen molar-refractivity contribution < 1.29 is 9.90 Å². The normalized spacial score (nSPS) is 23.2. The number of phenolic OH excluding ortho intramolecular Hbond substituents is 1. The number of nitrogens with two attached hydrogens (primary N) is 1. The summed E-state index contributed by atoms with van der Waals surface area (Å²) < 4.78 is 0. The van der Waals surface area contributed by atoms with Gasteiger partial charge in [-0.2, -0.15) is 0 Å². The summed E-state index contributed by atoms with van der Waals surface area (Å²) in [6, 6.07) is 2.98. The summed E-state index contributed by atoms with van der Waals surface area (Å²) in [7, 11) is 0. The predicted octanol–water partition coefficient (Wildman–Crippen LogP) is 2.22. The number of halogens is 2. The highest BCUT2D eigenvalue weighted by Gasteiger charge is 2.30. The molecule has 1 aromatic carbocycles. The molecule has 1 aliphatic rings. The van der Waals surface area contributed by atoms with Crippen LogP contribution in [0, 0.1) is 5.92 Å². The number of nitrogens with one attached hydrogen (secondary N) is 1. The van der Waals surface area contributed by atoms with Gasteiger partial charge in [-0.3, -0.25) is 4.79 Å². The lowest BCUT2D eigenvalue weighted by atomic mass is 9.97. The Labute approximate surface area is 115 Å². The number of rotatable bonds is 3. The molecule has 0 saturated carbocycles. The van der Waals surface area contributed by atoms with Crippen LogP contribution in [-0.4, -0.2) is 17.6 Å². The number of primary amides is 1. The van der Waals surface area contributed by atoms with Crippen LogP contribution in [0.15, 0.2) is 12.1 Å². The molecule has 2 rings (SSSR count). The van der Waals surface area contributed by atoms with Crippen LogP contribution >= 0.6 is 23.2 Å². The molecular formula is C12H14Cl2N2O2. The molecule has 1 heterocycles. The van der Waals surface area contributed by atoms with Gasteiger partial charge < -0.3 is 16.2 Å². The van der Waals surface area contributed by atoms with Gasteiger partial charge in [-0.15, -0.1) is 0 Å². The third-order valence-electron chi connectivity index (χ3n) is 3.17. The van der Waals surface area contributed by atoms with E-state index in [2.05, 4.69) is 5.32 Å². The van der Waals surface area contributed by atoms with E-state index in [4.69, 9.17) is 28.9 Å². The van der Waals surface area contributed by atoms with Gasteiger partial charge >= 0.3 is 0 Å². The summed E-state index contributed by atoms with van der Waals surface area (Å²) in [4.78, 5) is 10.9. The average molecular weight is 289 g/mol. The van der Waals surface area contributed by atoms with Gasteiger partial charge in [0.15, 0.2) is 0 Å². The molecule has 0 aromatic heterocycles. The quantitative estimate of drug-likeness (QED) is 0.798. The van der Waals surface area contributed by atoms with Crippen LogP contribution in [-0.2, 0) is 4.79 Å². The molecule has 0 aliphatic carbocycles. The summed E-state index contributed by atoms with van der Waals surface area (Å²) in [5.74, 6) is -0.0348. The Morgan fingerprint density at radius 3 is 2.89 bits per heavy atom. The van der Waals surface area contributed by atoms with Crippen molar-refractivity contribution in [3.63, 3.8) is 0 Å². The lowest BCUT2D eigenvalue weighted by molar-refractivity contribution is -0.118. The maximum atomic E-state index is 10.9. The van der Waals surface area contributed by atoms with E-state index in [0.29, 0.717) is 35.0 Å². The van der Waals surface area contributed by atoms with Crippen molar-refractivity contribution >= 4 is 29.1 Å². The van der Waals surface area contributed by atoms with Crippen LogP contribution in [0.1, 0.15) is 24.4 Å². The second-order valence-corrected chi connectivity index (χ2v) is 5.31. The van der Waals surface area contributed by atoms with Gasteiger partial charge in [0.05, 0.1) is 10.0 Å². The van der Waals surface area contributed by atoms with E-state index >= 15 is 0 Å². The van der Waals surface area contributed by atoms with Gasteiger partial charge in [-0.25, -0.2) is 0 Å². The number of aromatic hydroxyl groups is 1. The smallest absolute Gasteiger partial charge is 0.217 e. The van der Waals surface area contributed by atoms with Crippen LogP contribution in [0.3, 0.4) is 0 Å². The molecule has 1 fully saturated rings. The molecule has 4 N–H and O–H groups in total. The molecule has 0 bridgehead atoms. The second kappa shape index (κ2) is 5.34. The number of hydrogen-bond donors (Lipinski definition) is 3. The molecule has 2 atom stereocenters. The van der Waals surface area contributed by atoms with E-state index in [9.17, 15) is 9.90 Å². The van der Waals surface area contributed by atoms with Gasteiger partial charge in [0.2, 0.25) is 5.91 Å². The number of carbonyl (C=O) groups excluding carboxylic acids is 1. The fourth-order valence-corrected chi connectivity index (χ4v) is 2.81. The molecule has 6 heteroatoms. The first-order valence-corrected chi connectivity index (χ1v) is 6.43. The highest BCUT2D eigenvalue weighted by Crippen LogP contribution is 2.41. The summed E-state index contributed by atoms with van der Waals surface area (Å²) in [5.41, 5.74) is 5.77. The van der Waals surface area contributed by atoms with Crippen molar-refractivity contribution in [2.45, 2.75) is 18.9 Å². The van der Waals surface area contributed by atoms with E-state index in [1.165, 1.54) is 6.07 Å². The molecule has 0 spiro atoms. The fraction of sp³-hybridized carbons (Fsp3) is 0.417. The first kappa shape index (κ1) is 13.5. The van der Waals surface area contributed by atoms with Crippen molar-refractivity contribution in [3.8, 4) is 5.75 Å². The number of hydrogen-bond acceptors (Lipinski definition) is 3. The van der Waals surface area contributed by atoms with E-state index in [0.717, 1.165) is 0 Å². The zero-order chi connectivity index (χ0) is 13.3. The van der Waals surface area contributed by atoms with Crippen LogP contribution < -0.4 is 11.1 Å². The van der Waals surface area contributed by atoms with E-state index < -0.39 is 0 Å². The third-order valence-corrected chi connectivity index (χ3v) is 3.99. The molecule has 0 radical (unpaired) electrons. The monoisotopic (exact) mass is 288 g/mol. The minimum Gasteiger partial charge on any atom is -0.508 e. The van der Waals surface area contributed by atoms with Crippen molar-refractivity contribution in [1.82, 2.24) is 5.32 Å². The largest absolute Gasteiger partial charge is 0.508 e. The molecule has 18 heavy (non-hydrogen) atoms. The summed E-state index contributed by atoms with van der Waals surface area (Å²) in [6.45, 7) is 0.676. The van der Waals surface area contributed by atoms with Crippen LogP contribution in [0.25, 0.3) is 0 Å². The minimum absolute atomic E-state index is 0.0967. The lowest BCUT2D eigenvalue weighted by Crippen LogP contribution is -2.18. The Morgan fingerprint density at radius 1 is 1.50 bits per heavy atom. The second-order valence-electron chi connectivity index (χ2n) is 4.53. The fourth-order valence-electron chi connectivity index (χ4n) is 2.36. The topological polar surface area (TPSA) is 75.4 Å². The maximum absolute atomic E-state index is 10.9. The molecular weight excluding hydrogens is 275 g/mol. The van der Waals surface area contributed by atoms with Gasteiger partial charge in [-0.1, -0.05) is 23.2 Å². The first-order valence-electron chi connectivity index (χ1n) is 5.67. The zero-order valence-corrected chi connectivity index (χ0v) is 11.1. The Morgan fingerprint density at radius 2 is 2.22 bits per heavy atom. The number of benzene rings is 1. The van der Waals surface area contributed by atoms with Gasteiger partial charge in [0, 0.05) is 18.0 Å². The zero-order valence-electron chi connectivity index (χ0n) is 9.62. The maximum Gasteiger partial charge on any atom is 0.217 e. The number of carbonyl (C=O) groups is 1. The van der Waals surface area contributed by atoms with Crippen molar-refractivity contribution in [2.24, 2.45) is 11.7 Å². The van der Waals surface area contributed by atoms with E-state index in [1.54, 1.807) is 6.07 Å². The summed E-state index contributed by atoms with van der Waals surface area (Å²) in [5, 5.41) is 13.9. The number of phenols is 1.